The van der Waals surface area contributed by atoms with Crippen LogP contribution in [0.4, 0.5) is 0 Å². The minimum atomic E-state index is -0.541. The van der Waals surface area contributed by atoms with Crippen LogP contribution >= 0.6 is 11.8 Å². The Morgan fingerprint density at radius 1 is 1.67 bits per heavy atom. The molecule has 0 aliphatic carbocycles. The minimum Gasteiger partial charge on any atom is -0.339 e. The molecule has 0 rings (SSSR count). The molecule has 0 aromatic carbocycles. The zero-order chi connectivity index (χ0) is 9.78. The molecule has 0 saturated heterocycles. The van der Waals surface area contributed by atoms with Crippen molar-refractivity contribution in [3.63, 3.8) is 0 Å². The largest absolute Gasteiger partial charge is 0.339 e. The van der Waals surface area contributed by atoms with Gasteiger partial charge in [-0.15, -0.1) is 6.42 Å². The topological polar surface area (TPSA) is 29.1 Å². The van der Waals surface area contributed by atoms with Gasteiger partial charge in [-0.2, -0.15) is 11.8 Å². The van der Waals surface area contributed by atoms with Gasteiger partial charge in [0, 0.05) is 0 Å². The highest BCUT2D eigenvalue weighted by Gasteiger charge is 2.20. The first kappa shape index (κ1) is 11.4. The predicted octanol–water partition coefficient (Wildman–Crippen LogP) is 1.27. The van der Waals surface area contributed by atoms with E-state index in [1.54, 1.807) is 13.8 Å². The lowest BCUT2D eigenvalue weighted by Crippen LogP contribution is -2.45. The standard InChI is InChI=1S/C9H15NOS/c1-6-9(3,4)10-8(11)7(2)12-5/h1,7H,2-5H3,(H,10,11). The molecule has 0 heterocycles. The monoisotopic (exact) mass is 185 g/mol. The summed E-state index contributed by atoms with van der Waals surface area (Å²) in [6.07, 6.45) is 7.12. The molecule has 0 spiro atoms. The third-order valence-electron chi connectivity index (χ3n) is 1.52. The Morgan fingerprint density at radius 3 is 2.50 bits per heavy atom. The Balaban J connectivity index is 4.12. The summed E-state index contributed by atoms with van der Waals surface area (Å²) in [6.45, 7) is 5.46. The first-order valence-electron chi connectivity index (χ1n) is 3.75. The van der Waals surface area contributed by atoms with Crippen LogP contribution in [0.25, 0.3) is 0 Å². The lowest BCUT2D eigenvalue weighted by Gasteiger charge is -2.21. The van der Waals surface area contributed by atoms with Crippen LogP contribution in [0, 0.1) is 12.3 Å². The molecule has 68 valence electrons. The molecule has 0 radical (unpaired) electrons. The summed E-state index contributed by atoms with van der Waals surface area (Å²) in [5, 5.41) is 2.72. The van der Waals surface area contributed by atoms with E-state index in [9.17, 15) is 4.79 Å². The van der Waals surface area contributed by atoms with Crippen LogP contribution in [0.2, 0.25) is 0 Å². The molecule has 1 amide bonds. The third kappa shape index (κ3) is 3.68. The van der Waals surface area contributed by atoms with E-state index in [2.05, 4.69) is 11.2 Å². The van der Waals surface area contributed by atoms with Gasteiger partial charge in [0.15, 0.2) is 0 Å². The van der Waals surface area contributed by atoms with Gasteiger partial charge in [0.25, 0.3) is 0 Å². The van der Waals surface area contributed by atoms with Gasteiger partial charge in [0.1, 0.15) is 0 Å². The van der Waals surface area contributed by atoms with Crippen molar-refractivity contribution in [1.82, 2.24) is 5.32 Å². The molecule has 1 unspecified atom stereocenters. The normalized spacial score (nSPS) is 13.2. The van der Waals surface area contributed by atoms with Crippen LogP contribution in [0.3, 0.4) is 0 Å². The maximum Gasteiger partial charge on any atom is 0.233 e. The number of hydrogen-bond acceptors (Lipinski definition) is 2. The van der Waals surface area contributed by atoms with Gasteiger partial charge in [-0.25, -0.2) is 0 Å². The average Bonchev–Trinajstić information content (AvgIpc) is 2.02. The quantitative estimate of drug-likeness (QED) is 0.671. The fourth-order valence-corrected chi connectivity index (χ4v) is 0.826. The van der Waals surface area contributed by atoms with Crippen molar-refractivity contribution in [2.24, 2.45) is 0 Å². The van der Waals surface area contributed by atoms with Crippen molar-refractivity contribution in [3.05, 3.63) is 0 Å². The van der Waals surface area contributed by atoms with Crippen LogP contribution in [-0.4, -0.2) is 23.0 Å². The van der Waals surface area contributed by atoms with Crippen molar-refractivity contribution < 1.29 is 4.79 Å². The summed E-state index contributed by atoms with van der Waals surface area (Å²) in [5.74, 6) is 2.50. The van der Waals surface area contributed by atoms with Gasteiger partial charge in [0.05, 0.1) is 10.8 Å². The molecule has 3 heteroatoms. The zero-order valence-corrected chi connectivity index (χ0v) is 8.79. The first-order valence-corrected chi connectivity index (χ1v) is 5.04. The van der Waals surface area contributed by atoms with Crippen molar-refractivity contribution in [2.75, 3.05) is 6.26 Å². The van der Waals surface area contributed by atoms with E-state index in [0.29, 0.717) is 0 Å². The van der Waals surface area contributed by atoms with Gasteiger partial charge in [-0.3, -0.25) is 4.79 Å². The first-order chi connectivity index (χ1) is 5.43. The number of nitrogens with one attached hydrogen (secondary N) is 1. The van der Waals surface area contributed by atoms with E-state index in [-0.39, 0.29) is 11.2 Å². The van der Waals surface area contributed by atoms with E-state index in [1.165, 1.54) is 11.8 Å². The molecular weight excluding hydrogens is 170 g/mol. The van der Waals surface area contributed by atoms with Crippen molar-refractivity contribution in [1.29, 1.82) is 0 Å². The van der Waals surface area contributed by atoms with E-state index in [4.69, 9.17) is 6.42 Å². The maximum atomic E-state index is 11.3. The Morgan fingerprint density at radius 2 is 2.17 bits per heavy atom. The SMILES string of the molecule is C#CC(C)(C)NC(=O)C(C)SC. The number of carbonyl (C=O) groups excluding carboxylic acids is 1. The van der Waals surface area contributed by atoms with Crippen LogP contribution < -0.4 is 5.32 Å². The molecule has 0 aliphatic rings. The molecule has 0 aliphatic heterocycles. The minimum absolute atomic E-state index is 0.00884. The molecular formula is C9H15NOS. The van der Waals surface area contributed by atoms with Gasteiger partial charge in [-0.1, -0.05) is 5.92 Å². The molecule has 0 aromatic heterocycles. The molecule has 1 N–H and O–H groups in total. The Hall–Kier alpha value is -0.620. The van der Waals surface area contributed by atoms with Gasteiger partial charge in [0.2, 0.25) is 5.91 Å². The smallest absolute Gasteiger partial charge is 0.233 e. The maximum absolute atomic E-state index is 11.3. The summed E-state index contributed by atoms with van der Waals surface area (Å²) < 4.78 is 0. The number of thioether (sulfide) groups is 1. The Bertz CT molecular complexity index is 205. The molecule has 0 saturated carbocycles. The van der Waals surface area contributed by atoms with E-state index in [1.807, 2.05) is 13.2 Å². The lowest BCUT2D eigenvalue weighted by molar-refractivity contribution is -0.121. The second-order valence-corrected chi connectivity index (χ2v) is 4.32. The average molecular weight is 185 g/mol. The third-order valence-corrected chi connectivity index (χ3v) is 2.44. The summed E-state index contributed by atoms with van der Waals surface area (Å²) in [4.78, 5) is 11.3. The second kappa shape index (κ2) is 4.42. The summed E-state index contributed by atoms with van der Waals surface area (Å²) in [5.41, 5.74) is -0.541. The number of amides is 1. The van der Waals surface area contributed by atoms with Crippen LogP contribution in [-0.2, 0) is 4.79 Å². The van der Waals surface area contributed by atoms with E-state index in [0.717, 1.165) is 0 Å². The predicted molar refractivity (Wildman–Crippen MR) is 54.0 cm³/mol. The highest BCUT2D eigenvalue weighted by molar-refractivity contribution is 7.99. The second-order valence-electron chi connectivity index (χ2n) is 3.14. The van der Waals surface area contributed by atoms with Gasteiger partial charge in [-0.05, 0) is 27.0 Å². The fraction of sp³-hybridized carbons (Fsp3) is 0.667. The van der Waals surface area contributed by atoms with E-state index >= 15 is 0 Å². The Labute approximate surface area is 78.5 Å². The van der Waals surface area contributed by atoms with Crippen LogP contribution in [0.1, 0.15) is 20.8 Å². The van der Waals surface area contributed by atoms with Crippen molar-refractivity contribution in [2.45, 2.75) is 31.6 Å². The van der Waals surface area contributed by atoms with E-state index < -0.39 is 5.54 Å². The highest BCUT2D eigenvalue weighted by Crippen LogP contribution is 2.07. The molecule has 2 nitrogen and oxygen atoms in total. The highest BCUT2D eigenvalue weighted by atomic mass is 32.2. The lowest BCUT2D eigenvalue weighted by atomic mass is 10.1. The van der Waals surface area contributed by atoms with Crippen molar-refractivity contribution >= 4 is 17.7 Å². The van der Waals surface area contributed by atoms with Gasteiger partial charge < -0.3 is 5.32 Å². The number of rotatable bonds is 3. The van der Waals surface area contributed by atoms with Gasteiger partial charge >= 0.3 is 0 Å². The Kier molecular flexibility index (Phi) is 4.19. The van der Waals surface area contributed by atoms with Crippen LogP contribution in [0.15, 0.2) is 0 Å². The molecule has 12 heavy (non-hydrogen) atoms. The molecule has 0 fully saturated rings. The van der Waals surface area contributed by atoms with Crippen LogP contribution in [0.5, 0.6) is 0 Å². The summed E-state index contributed by atoms with van der Waals surface area (Å²) in [6, 6.07) is 0. The fourth-order valence-electron chi connectivity index (χ4n) is 0.553. The number of terminal acetylenes is 1. The number of hydrogen-bond donors (Lipinski definition) is 1. The molecule has 1 atom stereocenters. The molecule has 0 aromatic rings. The van der Waals surface area contributed by atoms with Crippen molar-refractivity contribution in [3.8, 4) is 12.3 Å². The molecule has 0 bridgehead atoms. The summed E-state index contributed by atoms with van der Waals surface area (Å²) >= 11 is 1.50. The zero-order valence-electron chi connectivity index (χ0n) is 7.97. The summed E-state index contributed by atoms with van der Waals surface area (Å²) in [7, 11) is 0. The number of carbonyl (C=O) groups is 1.